The van der Waals surface area contributed by atoms with Crippen molar-refractivity contribution in [2.24, 2.45) is 7.05 Å². The molecule has 8 nitrogen and oxygen atoms in total. The second kappa shape index (κ2) is 7.70. The van der Waals surface area contributed by atoms with Crippen LogP contribution in [0.4, 0.5) is 10.2 Å². The summed E-state index contributed by atoms with van der Waals surface area (Å²) < 4.78 is 19.7. The lowest BCUT2D eigenvalue weighted by Gasteiger charge is -2.06. The van der Waals surface area contributed by atoms with Gasteiger partial charge in [-0.25, -0.2) is 19.2 Å². The van der Waals surface area contributed by atoms with E-state index in [4.69, 9.17) is 5.73 Å². The predicted octanol–water partition coefficient (Wildman–Crippen LogP) is 3.37. The fraction of sp³-hybridized carbons (Fsp3) is 0.167. The van der Waals surface area contributed by atoms with Crippen LogP contribution in [0.15, 0.2) is 60.0 Å². The summed E-state index contributed by atoms with van der Waals surface area (Å²) in [7, 11) is 1.81. The number of fused-ring (bicyclic) bond motifs is 1. The summed E-state index contributed by atoms with van der Waals surface area (Å²) in [5.74, 6) is -0.223. The third-order valence-electron chi connectivity index (χ3n) is 5.64. The molecule has 2 aromatic carbocycles. The highest BCUT2D eigenvalue weighted by Crippen LogP contribution is 2.34. The third-order valence-corrected chi connectivity index (χ3v) is 5.64. The van der Waals surface area contributed by atoms with E-state index in [0.717, 1.165) is 16.7 Å². The van der Waals surface area contributed by atoms with Crippen LogP contribution in [0.5, 0.6) is 0 Å². The van der Waals surface area contributed by atoms with E-state index in [1.54, 1.807) is 22.9 Å². The number of aromatic nitrogens is 6. The second-order valence-electron chi connectivity index (χ2n) is 8.22. The smallest absolute Gasteiger partial charge is 0.350 e. The minimum Gasteiger partial charge on any atom is -0.383 e. The van der Waals surface area contributed by atoms with E-state index in [-0.39, 0.29) is 11.5 Å². The quantitative estimate of drug-likeness (QED) is 0.459. The molecule has 3 aromatic heterocycles. The number of hydrogen-bond donors (Lipinski definition) is 1. The lowest BCUT2D eigenvalue weighted by molar-refractivity contribution is 0.628. The summed E-state index contributed by atoms with van der Waals surface area (Å²) >= 11 is 0. The third kappa shape index (κ3) is 3.57. The molecule has 3 heterocycles. The van der Waals surface area contributed by atoms with E-state index >= 15 is 4.39 Å². The number of hydrogen-bond acceptors (Lipinski definition) is 5. The van der Waals surface area contributed by atoms with Crippen LogP contribution in [0.3, 0.4) is 0 Å². The monoisotopic (exact) mass is 443 g/mol. The van der Waals surface area contributed by atoms with E-state index in [1.807, 2.05) is 33.0 Å². The first kappa shape index (κ1) is 20.6. The topological polar surface area (TPSA) is 96.6 Å². The van der Waals surface area contributed by atoms with Crippen LogP contribution in [0, 0.1) is 19.7 Å². The average molecular weight is 443 g/mol. The number of nitrogens with zero attached hydrogens (tertiary/aromatic N) is 6. The van der Waals surface area contributed by atoms with Gasteiger partial charge in [0.05, 0.1) is 17.6 Å². The van der Waals surface area contributed by atoms with Gasteiger partial charge in [0, 0.05) is 30.4 Å². The predicted molar refractivity (Wildman–Crippen MR) is 125 cm³/mol. The maximum atomic E-state index is 15.2. The number of anilines is 1. The Balaban J connectivity index is 1.52. The standard InChI is InChI=1S/C24H22FN7O/c1-14-6-15(2)8-16(7-14)10-31-13-29-32(24(31)33)17-4-5-18(20(25)9-17)19-11-30(3)23-21(19)22(26)27-12-28-23/h4-9,11-13H,10H2,1-3H3,(H2,26,27,28). The Labute approximate surface area is 188 Å². The molecule has 166 valence electrons. The normalized spacial score (nSPS) is 11.4. The maximum Gasteiger partial charge on any atom is 0.350 e. The Bertz CT molecular complexity index is 1560. The Hall–Kier alpha value is -4.27. The van der Waals surface area contributed by atoms with Crippen molar-refractivity contribution in [3.05, 3.63) is 88.2 Å². The molecular formula is C24H22FN7O. The first-order chi connectivity index (χ1) is 15.8. The lowest BCUT2D eigenvalue weighted by Crippen LogP contribution is -2.24. The van der Waals surface area contributed by atoms with Crippen molar-refractivity contribution >= 4 is 16.9 Å². The molecule has 0 amide bonds. The molecule has 0 atom stereocenters. The molecule has 2 N–H and O–H groups in total. The summed E-state index contributed by atoms with van der Waals surface area (Å²) in [6.45, 7) is 4.42. The van der Waals surface area contributed by atoms with Crippen LogP contribution in [-0.2, 0) is 13.6 Å². The van der Waals surface area contributed by atoms with Crippen LogP contribution in [-0.4, -0.2) is 28.9 Å². The molecular weight excluding hydrogens is 421 g/mol. The van der Waals surface area contributed by atoms with Crippen LogP contribution in [0.2, 0.25) is 0 Å². The van der Waals surface area contributed by atoms with Gasteiger partial charge < -0.3 is 10.3 Å². The highest BCUT2D eigenvalue weighted by atomic mass is 19.1. The largest absolute Gasteiger partial charge is 0.383 e. The Morgan fingerprint density at radius 3 is 2.52 bits per heavy atom. The molecule has 0 saturated carbocycles. The highest BCUT2D eigenvalue weighted by Gasteiger charge is 2.18. The van der Waals surface area contributed by atoms with Crippen LogP contribution in [0.1, 0.15) is 16.7 Å². The number of benzene rings is 2. The van der Waals surface area contributed by atoms with Crippen molar-refractivity contribution in [2.75, 3.05) is 5.73 Å². The Morgan fingerprint density at radius 1 is 1.03 bits per heavy atom. The maximum absolute atomic E-state index is 15.2. The molecule has 0 aliphatic carbocycles. The second-order valence-corrected chi connectivity index (χ2v) is 8.22. The molecule has 0 fully saturated rings. The van der Waals surface area contributed by atoms with Gasteiger partial charge in [-0.2, -0.15) is 9.78 Å². The number of aryl methyl sites for hydroxylation is 3. The van der Waals surface area contributed by atoms with Gasteiger partial charge in [-0.05, 0) is 31.5 Å². The minimum absolute atomic E-state index is 0.278. The van der Waals surface area contributed by atoms with Crippen molar-refractivity contribution in [3.63, 3.8) is 0 Å². The van der Waals surface area contributed by atoms with E-state index in [1.165, 1.54) is 28.0 Å². The van der Waals surface area contributed by atoms with Gasteiger partial charge in [0.15, 0.2) is 0 Å². The van der Waals surface area contributed by atoms with E-state index in [9.17, 15) is 4.79 Å². The molecule has 0 aliphatic heterocycles. The average Bonchev–Trinajstić information content (AvgIpc) is 3.28. The zero-order valence-electron chi connectivity index (χ0n) is 18.5. The fourth-order valence-corrected chi connectivity index (χ4v) is 4.27. The molecule has 0 unspecified atom stereocenters. The Kier molecular flexibility index (Phi) is 4.81. The molecule has 0 aliphatic rings. The van der Waals surface area contributed by atoms with Crippen LogP contribution >= 0.6 is 0 Å². The number of nitrogen functional groups attached to an aromatic ring is 1. The van der Waals surface area contributed by atoms with E-state index in [0.29, 0.717) is 34.4 Å². The summed E-state index contributed by atoms with van der Waals surface area (Å²) in [4.78, 5) is 21.2. The zero-order chi connectivity index (χ0) is 23.3. The molecule has 0 bridgehead atoms. The minimum atomic E-state index is -0.501. The summed E-state index contributed by atoms with van der Waals surface area (Å²) in [6.07, 6.45) is 4.61. The number of rotatable bonds is 4. The van der Waals surface area contributed by atoms with Gasteiger partial charge in [-0.3, -0.25) is 4.57 Å². The van der Waals surface area contributed by atoms with Crippen LogP contribution < -0.4 is 11.4 Å². The molecule has 0 saturated heterocycles. The van der Waals surface area contributed by atoms with Gasteiger partial charge in [0.1, 0.15) is 29.9 Å². The summed E-state index contributed by atoms with van der Waals surface area (Å²) in [5.41, 5.74) is 10.8. The van der Waals surface area contributed by atoms with Gasteiger partial charge >= 0.3 is 5.69 Å². The van der Waals surface area contributed by atoms with Gasteiger partial charge in [-0.15, -0.1) is 0 Å². The van der Waals surface area contributed by atoms with E-state index < -0.39 is 5.82 Å². The molecule has 5 aromatic rings. The number of halogens is 1. The van der Waals surface area contributed by atoms with Gasteiger partial charge in [0.25, 0.3) is 0 Å². The molecule has 9 heteroatoms. The van der Waals surface area contributed by atoms with Crippen molar-refractivity contribution in [2.45, 2.75) is 20.4 Å². The SMILES string of the molecule is Cc1cc(C)cc(Cn2cnn(-c3ccc(-c4cn(C)c5ncnc(N)c45)c(F)c3)c2=O)c1. The van der Waals surface area contributed by atoms with Crippen molar-refractivity contribution in [1.29, 1.82) is 0 Å². The first-order valence-corrected chi connectivity index (χ1v) is 10.4. The van der Waals surface area contributed by atoms with Gasteiger partial charge in [-0.1, -0.05) is 29.3 Å². The molecule has 5 rings (SSSR count). The zero-order valence-corrected chi connectivity index (χ0v) is 18.5. The Morgan fingerprint density at radius 2 is 1.79 bits per heavy atom. The molecule has 0 spiro atoms. The summed E-state index contributed by atoms with van der Waals surface area (Å²) in [5, 5.41) is 4.78. The first-order valence-electron chi connectivity index (χ1n) is 10.4. The highest BCUT2D eigenvalue weighted by molar-refractivity contribution is 6.00. The molecule has 0 radical (unpaired) electrons. The van der Waals surface area contributed by atoms with Crippen molar-refractivity contribution in [1.82, 2.24) is 28.9 Å². The van der Waals surface area contributed by atoms with Crippen molar-refractivity contribution in [3.8, 4) is 16.8 Å². The van der Waals surface area contributed by atoms with Crippen molar-refractivity contribution < 1.29 is 4.39 Å². The van der Waals surface area contributed by atoms with Crippen LogP contribution in [0.25, 0.3) is 27.8 Å². The van der Waals surface area contributed by atoms with E-state index in [2.05, 4.69) is 21.1 Å². The summed E-state index contributed by atoms with van der Waals surface area (Å²) in [6, 6.07) is 10.7. The van der Waals surface area contributed by atoms with Gasteiger partial charge in [0.2, 0.25) is 0 Å². The molecule has 33 heavy (non-hydrogen) atoms. The number of nitrogens with two attached hydrogens (primary N) is 1. The fourth-order valence-electron chi connectivity index (χ4n) is 4.27. The lowest BCUT2D eigenvalue weighted by atomic mass is 10.0.